The van der Waals surface area contributed by atoms with Crippen LogP contribution in [0.5, 0.6) is 0 Å². The largest absolute Gasteiger partial charge is 0.481 e. The fourth-order valence-electron chi connectivity index (χ4n) is 2.72. The third-order valence-corrected chi connectivity index (χ3v) is 3.94. The number of aliphatic carboxylic acids is 1. The second kappa shape index (κ2) is 9.01. The lowest BCUT2D eigenvalue weighted by Gasteiger charge is -2.18. The smallest absolute Gasteiger partial charge is 0.337 e. The molecule has 0 aliphatic carbocycles. The first kappa shape index (κ1) is 19.5. The number of hydrogen-bond donors (Lipinski definition) is 2. The third-order valence-electron chi connectivity index (χ3n) is 3.94. The molecule has 0 bridgehead atoms. The average molecular weight is 366 g/mol. The van der Waals surface area contributed by atoms with Crippen molar-refractivity contribution in [1.82, 2.24) is 0 Å². The lowest BCUT2D eigenvalue weighted by atomic mass is 9.86. The summed E-state index contributed by atoms with van der Waals surface area (Å²) in [5.41, 5.74) is 1.47. The molecule has 0 saturated carbocycles. The Morgan fingerprint density at radius 2 is 1.56 bits per heavy atom. The van der Waals surface area contributed by atoms with Gasteiger partial charge < -0.3 is 10.2 Å². The normalized spacial score (nSPS) is 11.0. The van der Waals surface area contributed by atoms with Gasteiger partial charge >= 0.3 is 11.9 Å². The summed E-state index contributed by atoms with van der Waals surface area (Å²) in [5.74, 6) is -2.66. The molecule has 0 radical (unpaired) electrons. The van der Waals surface area contributed by atoms with Crippen LogP contribution >= 0.6 is 0 Å². The number of aromatic carboxylic acids is 1. The molecule has 1 atom stereocenters. The van der Waals surface area contributed by atoms with Gasteiger partial charge in [0.1, 0.15) is 0 Å². The number of nitrogens with zero attached hydrogens (tertiary/aromatic N) is 2. The minimum atomic E-state index is -1.27. The predicted octanol–water partition coefficient (Wildman–Crippen LogP) is 3.32. The van der Waals surface area contributed by atoms with Crippen LogP contribution < -0.4 is 0 Å². The van der Waals surface area contributed by atoms with Gasteiger partial charge in [-0.15, -0.1) is 0 Å². The fourth-order valence-corrected chi connectivity index (χ4v) is 2.72. The zero-order chi connectivity index (χ0) is 19.8. The lowest BCUT2D eigenvalue weighted by Crippen LogP contribution is -2.07. The lowest BCUT2D eigenvalue weighted by molar-refractivity contribution is -0.137. The van der Waals surface area contributed by atoms with Gasteiger partial charge in [-0.1, -0.05) is 18.2 Å². The van der Waals surface area contributed by atoms with Crippen molar-refractivity contribution >= 4 is 35.5 Å². The van der Waals surface area contributed by atoms with Crippen LogP contribution in [0.4, 0.5) is 11.4 Å². The van der Waals surface area contributed by atoms with E-state index >= 15 is 0 Å². The average Bonchev–Trinajstić information content (AvgIpc) is 2.64. The first-order chi connectivity index (χ1) is 13.0. The van der Waals surface area contributed by atoms with Gasteiger partial charge in [0, 0.05) is 12.3 Å². The highest BCUT2D eigenvalue weighted by Crippen LogP contribution is 2.33. The zero-order valence-electron chi connectivity index (χ0n) is 14.0. The highest BCUT2D eigenvalue weighted by atomic mass is 16.4. The van der Waals surface area contributed by atoms with Gasteiger partial charge in [-0.2, -0.15) is 9.98 Å². The number of aliphatic imine (C=N–C) groups is 2. The molecule has 2 rings (SSSR count). The van der Waals surface area contributed by atoms with Gasteiger partial charge in [-0.3, -0.25) is 4.79 Å². The number of isocyanates is 2. The van der Waals surface area contributed by atoms with Crippen LogP contribution in [-0.4, -0.2) is 34.3 Å². The molecule has 8 nitrogen and oxygen atoms in total. The number of carbonyl (C=O) groups is 2. The van der Waals surface area contributed by atoms with Gasteiger partial charge in [0.05, 0.1) is 16.9 Å². The first-order valence-corrected chi connectivity index (χ1v) is 7.81. The molecule has 0 fully saturated rings. The van der Waals surface area contributed by atoms with Gasteiger partial charge in [0.2, 0.25) is 12.2 Å². The maximum Gasteiger partial charge on any atom is 0.337 e. The van der Waals surface area contributed by atoms with E-state index in [0.29, 0.717) is 11.3 Å². The predicted molar refractivity (Wildman–Crippen MR) is 94.1 cm³/mol. The Bertz CT molecular complexity index is 955. The monoisotopic (exact) mass is 366 g/mol. The summed E-state index contributed by atoms with van der Waals surface area (Å²) in [6.07, 6.45) is 2.84. The van der Waals surface area contributed by atoms with E-state index in [-0.39, 0.29) is 24.1 Å². The Morgan fingerprint density at radius 1 is 0.926 bits per heavy atom. The molecular formula is C19H14N2O6. The van der Waals surface area contributed by atoms with Crippen LogP contribution in [-0.2, 0) is 14.4 Å². The molecule has 0 spiro atoms. The standard InChI is InChI=1S/C19H14N2O6/c22-10-20-14-4-1-12(2-5-14)15(6-8-18(24)25)13-3-7-17(21-11-23)16(9-13)19(26)27/h1-5,7,9,15H,6,8H2,(H,24,25)(H,26,27). The molecule has 2 N–H and O–H groups in total. The van der Waals surface area contributed by atoms with E-state index in [2.05, 4.69) is 9.98 Å². The van der Waals surface area contributed by atoms with E-state index in [1.807, 2.05) is 0 Å². The molecule has 0 aliphatic heterocycles. The quantitative estimate of drug-likeness (QED) is 0.544. The number of hydrogen-bond acceptors (Lipinski definition) is 6. The summed E-state index contributed by atoms with van der Waals surface area (Å²) in [7, 11) is 0. The summed E-state index contributed by atoms with van der Waals surface area (Å²) < 4.78 is 0. The van der Waals surface area contributed by atoms with Crippen LogP contribution in [0.3, 0.4) is 0 Å². The van der Waals surface area contributed by atoms with E-state index in [0.717, 1.165) is 5.56 Å². The fraction of sp³-hybridized carbons (Fsp3) is 0.158. The van der Waals surface area contributed by atoms with Crippen LogP contribution in [0.2, 0.25) is 0 Å². The maximum absolute atomic E-state index is 11.5. The SMILES string of the molecule is O=C=Nc1ccc(C(CCC(=O)O)c2ccc(N=C=O)c(C(=O)O)c2)cc1. The van der Waals surface area contributed by atoms with Crippen molar-refractivity contribution in [2.24, 2.45) is 9.98 Å². The van der Waals surface area contributed by atoms with Crippen molar-refractivity contribution in [2.75, 3.05) is 0 Å². The van der Waals surface area contributed by atoms with Crippen molar-refractivity contribution in [2.45, 2.75) is 18.8 Å². The minimum Gasteiger partial charge on any atom is -0.481 e. The molecule has 2 aromatic rings. The number of carboxylic acids is 2. The van der Waals surface area contributed by atoms with Crippen molar-refractivity contribution in [3.8, 4) is 0 Å². The molecule has 0 aromatic heterocycles. The molecule has 0 saturated heterocycles. The second-order valence-corrected chi connectivity index (χ2v) is 5.56. The number of benzene rings is 2. The van der Waals surface area contributed by atoms with Crippen LogP contribution in [0, 0.1) is 0 Å². The van der Waals surface area contributed by atoms with Crippen LogP contribution in [0.15, 0.2) is 52.4 Å². The molecule has 2 aromatic carbocycles. The number of carboxylic acid groups (broad SMARTS) is 2. The number of carbonyl (C=O) groups excluding carboxylic acids is 2. The molecule has 136 valence electrons. The molecular weight excluding hydrogens is 352 g/mol. The van der Waals surface area contributed by atoms with Gasteiger partial charge in [-0.25, -0.2) is 14.4 Å². The van der Waals surface area contributed by atoms with Gasteiger partial charge in [-0.05, 0) is 41.8 Å². The van der Waals surface area contributed by atoms with Crippen molar-refractivity contribution in [3.63, 3.8) is 0 Å². The highest BCUT2D eigenvalue weighted by Gasteiger charge is 2.19. The van der Waals surface area contributed by atoms with Crippen LogP contribution in [0.25, 0.3) is 0 Å². The second-order valence-electron chi connectivity index (χ2n) is 5.56. The Labute approximate surface area is 153 Å². The van der Waals surface area contributed by atoms with Crippen molar-refractivity contribution < 1.29 is 29.4 Å². The van der Waals surface area contributed by atoms with E-state index < -0.39 is 17.9 Å². The molecule has 27 heavy (non-hydrogen) atoms. The first-order valence-electron chi connectivity index (χ1n) is 7.81. The molecule has 0 amide bonds. The summed E-state index contributed by atoms with van der Waals surface area (Å²) in [4.78, 5) is 50.1. The molecule has 0 aliphatic rings. The molecule has 1 unspecified atom stereocenters. The van der Waals surface area contributed by atoms with E-state index in [1.54, 1.807) is 30.3 Å². The highest BCUT2D eigenvalue weighted by molar-refractivity contribution is 5.94. The topological polar surface area (TPSA) is 133 Å². The van der Waals surface area contributed by atoms with Gasteiger partial charge in [0.25, 0.3) is 0 Å². The molecule has 8 heteroatoms. The van der Waals surface area contributed by atoms with E-state index in [9.17, 15) is 24.3 Å². The minimum absolute atomic E-state index is 0.0334. The Hall–Kier alpha value is -3.86. The van der Waals surface area contributed by atoms with Crippen molar-refractivity contribution in [3.05, 3.63) is 59.2 Å². The Kier molecular flexibility index (Phi) is 6.49. The summed E-state index contributed by atoms with van der Waals surface area (Å²) in [6.45, 7) is 0. The Morgan fingerprint density at radius 3 is 2.11 bits per heavy atom. The van der Waals surface area contributed by atoms with E-state index in [1.165, 1.54) is 24.3 Å². The molecule has 0 heterocycles. The van der Waals surface area contributed by atoms with Gasteiger partial charge in [0.15, 0.2) is 0 Å². The third kappa shape index (κ3) is 5.06. The Balaban J connectivity index is 2.51. The summed E-state index contributed by atoms with van der Waals surface area (Å²) in [6, 6.07) is 10.9. The maximum atomic E-state index is 11.5. The van der Waals surface area contributed by atoms with Crippen LogP contribution in [0.1, 0.15) is 40.2 Å². The number of rotatable bonds is 8. The van der Waals surface area contributed by atoms with Crippen molar-refractivity contribution in [1.29, 1.82) is 0 Å². The zero-order valence-corrected chi connectivity index (χ0v) is 14.0. The van der Waals surface area contributed by atoms with E-state index in [4.69, 9.17) is 5.11 Å². The summed E-state index contributed by atoms with van der Waals surface area (Å²) >= 11 is 0. The summed E-state index contributed by atoms with van der Waals surface area (Å²) in [5, 5.41) is 18.4.